The van der Waals surface area contributed by atoms with Crippen LogP contribution in [0.5, 0.6) is 5.75 Å². The molecule has 1 saturated carbocycles. The second-order valence-corrected chi connectivity index (χ2v) is 8.62. The van der Waals surface area contributed by atoms with Gasteiger partial charge in [-0.2, -0.15) is 0 Å². The topological polar surface area (TPSA) is 61.9 Å². The quantitative estimate of drug-likeness (QED) is 0.729. The summed E-state index contributed by atoms with van der Waals surface area (Å²) < 4.78 is 19.4. The van der Waals surface area contributed by atoms with Crippen molar-refractivity contribution in [2.75, 3.05) is 26.2 Å². The van der Waals surface area contributed by atoms with Crippen molar-refractivity contribution in [2.24, 2.45) is 0 Å². The number of nitrogens with zero attached hydrogens (tertiary/aromatic N) is 2. The van der Waals surface area contributed by atoms with Crippen molar-refractivity contribution in [3.63, 3.8) is 0 Å². The molecule has 0 saturated heterocycles. The summed E-state index contributed by atoms with van der Waals surface area (Å²) in [4.78, 5) is 30.4. The molecule has 1 aliphatic carbocycles. The van der Waals surface area contributed by atoms with Crippen LogP contribution in [0.15, 0.2) is 35.7 Å². The molecule has 3 amide bonds. The van der Waals surface area contributed by atoms with Gasteiger partial charge in [0.05, 0.1) is 6.04 Å². The van der Waals surface area contributed by atoms with E-state index in [9.17, 15) is 14.0 Å². The number of halogens is 1. The van der Waals surface area contributed by atoms with E-state index in [0.717, 1.165) is 24.8 Å². The van der Waals surface area contributed by atoms with Gasteiger partial charge in [0.15, 0.2) is 0 Å². The minimum atomic E-state index is -0.359. The van der Waals surface area contributed by atoms with Gasteiger partial charge < -0.3 is 19.9 Å². The van der Waals surface area contributed by atoms with E-state index in [1.165, 1.54) is 17.0 Å². The zero-order chi connectivity index (χ0) is 21.1. The molecule has 2 heterocycles. The fraction of sp³-hybridized carbons (Fsp3) is 0.455. The first kappa shape index (κ1) is 20.7. The van der Waals surface area contributed by atoms with E-state index >= 15 is 0 Å². The minimum absolute atomic E-state index is 0.0619. The number of ether oxygens (including phenoxy) is 1. The van der Waals surface area contributed by atoms with E-state index in [2.05, 4.69) is 5.32 Å². The monoisotopic (exact) mass is 431 g/mol. The summed E-state index contributed by atoms with van der Waals surface area (Å²) >= 11 is 1.68. The van der Waals surface area contributed by atoms with Gasteiger partial charge in [0.1, 0.15) is 24.7 Å². The number of thiophene rings is 1. The Morgan fingerprint density at radius 3 is 2.90 bits per heavy atom. The predicted molar refractivity (Wildman–Crippen MR) is 113 cm³/mol. The largest absolute Gasteiger partial charge is 0.491 e. The number of hydrogen-bond donors (Lipinski definition) is 1. The third-order valence-electron chi connectivity index (χ3n) is 5.50. The van der Waals surface area contributed by atoms with Crippen LogP contribution in [0.25, 0.3) is 0 Å². The lowest BCUT2D eigenvalue weighted by molar-refractivity contribution is -0.135. The molecule has 2 aliphatic rings. The first-order chi connectivity index (χ1) is 14.6. The van der Waals surface area contributed by atoms with Crippen molar-refractivity contribution in [3.8, 4) is 5.75 Å². The number of hydrogen-bond acceptors (Lipinski definition) is 4. The summed E-state index contributed by atoms with van der Waals surface area (Å²) in [5.41, 5.74) is 1.08. The minimum Gasteiger partial charge on any atom is -0.491 e. The average molecular weight is 432 g/mol. The number of nitrogens with one attached hydrogen (secondary N) is 1. The Balaban J connectivity index is 1.50. The molecule has 2 aromatic rings. The Morgan fingerprint density at radius 2 is 2.17 bits per heavy atom. The molecular weight excluding hydrogens is 405 g/mol. The fourth-order valence-corrected chi connectivity index (χ4v) is 4.78. The molecule has 6 nitrogen and oxygen atoms in total. The van der Waals surface area contributed by atoms with Crippen molar-refractivity contribution in [1.82, 2.24) is 15.1 Å². The van der Waals surface area contributed by atoms with E-state index in [1.54, 1.807) is 28.4 Å². The average Bonchev–Trinajstić information content (AvgIpc) is 3.46. The first-order valence-corrected chi connectivity index (χ1v) is 11.2. The van der Waals surface area contributed by atoms with Crippen molar-refractivity contribution < 1.29 is 18.7 Å². The van der Waals surface area contributed by atoms with Crippen LogP contribution in [-0.2, 0) is 11.2 Å². The second kappa shape index (κ2) is 9.04. The normalized spacial score (nSPS) is 17.9. The molecule has 8 heteroatoms. The number of carbonyl (C=O) groups excluding carboxylic acids is 2. The molecule has 1 aromatic heterocycles. The Kier molecular flexibility index (Phi) is 6.22. The van der Waals surface area contributed by atoms with Crippen LogP contribution in [0, 0.1) is 5.82 Å². The number of rotatable bonds is 7. The third-order valence-corrected chi connectivity index (χ3v) is 6.50. The van der Waals surface area contributed by atoms with Crippen LogP contribution in [0.3, 0.4) is 0 Å². The third kappa shape index (κ3) is 4.59. The number of amides is 3. The molecule has 1 fully saturated rings. The maximum absolute atomic E-state index is 13.5. The van der Waals surface area contributed by atoms with Gasteiger partial charge in [-0.15, -0.1) is 11.3 Å². The molecule has 0 bridgehead atoms. The lowest BCUT2D eigenvalue weighted by Gasteiger charge is -2.37. The highest BCUT2D eigenvalue weighted by Crippen LogP contribution is 2.34. The molecule has 160 valence electrons. The van der Waals surface area contributed by atoms with Gasteiger partial charge >= 0.3 is 6.03 Å². The van der Waals surface area contributed by atoms with Gasteiger partial charge in [0.25, 0.3) is 0 Å². The fourth-order valence-electron chi connectivity index (χ4n) is 3.85. The maximum atomic E-state index is 13.5. The summed E-state index contributed by atoms with van der Waals surface area (Å²) in [6, 6.07) is 7.74. The van der Waals surface area contributed by atoms with Crippen molar-refractivity contribution in [1.29, 1.82) is 0 Å². The van der Waals surface area contributed by atoms with Gasteiger partial charge in [-0.1, -0.05) is 6.07 Å². The van der Waals surface area contributed by atoms with Crippen LogP contribution in [0.4, 0.5) is 9.18 Å². The van der Waals surface area contributed by atoms with E-state index in [4.69, 9.17) is 4.74 Å². The Labute approximate surface area is 179 Å². The summed E-state index contributed by atoms with van der Waals surface area (Å²) in [5, 5.41) is 4.83. The van der Waals surface area contributed by atoms with E-state index in [1.807, 2.05) is 23.3 Å². The summed E-state index contributed by atoms with van der Waals surface area (Å²) in [6.07, 6.45) is 2.66. The van der Waals surface area contributed by atoms with Crippen LogP contribution in [0.2, 0.25) is 0 Å². The number of carbonyl (C=O) groups is 2. The molecule has 30 heavy (non-hydrogen) atoms. The van der Waals surface area contributed by atoms with Crippen molar-refractivity contribution >= 4 is 23.3 Å². The summed E-state index contributed by atoms with van der Waals surface area (Å²) in [5.74, 6) is -0.00756. The van der Waals surface area contributed by atoms with Gasteiger partial charge in [-0.3, -0.25) is 4.79 Å². The second-order valence-electron chi connectivity index (χ2n) is 7.61. The van der Waals surface area contributed by atoms with Crippen LogP contribution >= 0.6 is 11.3 Å². The molecule has 1 N–H and O–H groups in total. The highest BCUT2D eigenvalue weighted by molar-refractivity contribution is 7.10. The van der Waals surface area contributed by atoms with Crippen LogP contribution in [-0.4, -0.2) is 54.0 Å². The molecular formula is C22H26FN3O3S. The molecule has 4 rings (SSSR count). The number of fused-ring (bicyclic) bond motifs is 1. The van der Waals surface area contributed by atoms with Crippen LogP contribution in [0.1, 0.15) is 36.2 Å². The van der Waals surface area contributed by atoms with Gasteiger partial charge in [-0.05, 0) is 55.3 Å². The van der Waals surface area contributed by atoms with Gasteiger partial charge in [0, 0.05) is 30.1 Å². The number of benzene rings is 1. The van der Waals surface area contributed by atoms with Crippen molar-refractivity contribution in [2.45, 2.75) is 38.3 Å². The van der Waals surface area contributed by atoms with E-state index < -0.39 is 0 Å². The maximum Gasteiger partial charge on any atom is 0.318 e. The summed E-state index contributed by atoms with van der Waals surface area (Å²) in [6.45, 7) is 3.28. The molecule has 0 radical (unpaired) electrons. The summed E-state index contributed by atoms with van der Waals surface area (Å²) in [7, 11) is 0. The molecule has 1 aromatic carbocycles. The molecule has 1 atom stereocenters. The smallest absolute Gasteiger partial charge is 0.318 e. The molecule has 0 spiro atoms. The Bertz CT molecular complexity index is 915. The van der Waals surface area contributed by atoms with E-state index in [0.29, 0.717) is 18.8 Å². The number of urea groups is 1. The highest BCUT2D eigenvalue weighted by Gasteiger charge is 2.37. The van der Waals surface area contributed by atoms with Crippen LogP contribution < -0.4 is 10.1 Å². The lowest BCUT2D eigenvalue weighted by Crippen LogP contribution is -2.50. The zero-order valence-corrected chi connectivity index (χ0v) is 17.8. The predicted octanol–water partition coefficient (Wildman–Crippen LogP) is 3.59. The van der Waals surface area contributed by atoms with E-state index in [-0.39, 0.29) is 43.0 Å². The Morgan fingerprint density at radius 1 is 1.33 bits per heavy atom. The van der Waals surface area contributed by atoms with Gasteiger partial charge in [0.2, 0.25) is 5.91 Å². The lowest BCUT2D eigenvalue weighted by atomic mass is 10.0. The highest BCUT2D eigenvalue weighted by atomic mass is 32.1. The first-order valence-electron chi connectivity index (χ1n) is 10.4. The SMILES string of the molecule is CCNC(=O)N(CC(=O)N1CCc2sccc2[C@H]1COc1cccc(F)c1)C1CC1. The molecule has 0 unspecified atom stereocenters. The van der Waals surface area contributed by atoms with Gasteiger partial charge in [-0.25, -0.2) is 9.18 Å². The van der Waals surface area contributed by atoms with Crippen molar-refractivity contribution in [3.05, 3.63) is 52.0 Å². The standard InChI is InChI=1S/C22H26FN3O3S/c1-2-24-22(28)26(16-6-7-16)13-21(27)25-10-8-20-18(9-11-30-20)19(25)14-29-17-5-3-4-15(23)12-17/h3-5,9,11-12,16,19H,2,6-8,10,13-14H2,1H3,(H,24,28)/t19-/m1/s1. The Hall–Kier alpha value is -2.61. The zero-order valence-electron chi connectivity index (χ0n) is 17.0. The molecule has 1 aliphatic heterocycles.